The summed E-state index contributed by atoms with van der Waals surface area (Å²) < 4.78 is 47.1. The van der Waals surface area contributed by atoms with Gasteiger partial charge in [0, 0.05) is 23.6 Å². The quantitative estimate of drug-likeness (QED) is 0.839. The fourth-order valence-electron chi connectivity index (χ4n) is 1.55. The van der Waals surface area contributed by atoms with Crippen molar-refractivity contribution < 1.29 is 27.8 Å². The van der Waals surface area contributed by atoms with E-state index in [1.807, 2.05) is 0 Å². The van der Waals surface area contributed by atoms with Gasteiger partial charge in [-0.05, 0) is 12.1 Å². The van der Waals surface area contributed by atoms with Gasteiger partial charge in [-0.25, -0.2) is 0 Å². The van der Waals surface area contributed by atoms with E-state index in [9.17, 15) is 18.3 Å². The maximum Gasteiger partial charge on any atom is 0.412 e. The second-order valence-corrected chi connectivity index (χ2v) is 3.93. The van der Waals surface area contributed by atoms with Gasteiger partial charge in [-0.3, -0.25) is 0 Å². The van der Waals surface area contributed by atoms with Crippen molar-refractivity contribution in [1.82, 2.24) is 0 Å². The molecule has 0 saturated carbocycles. The normalized spacial score (nSPS) is 12.9. The van der Waals surface area contributed by atoms with E-state index in [1.165, 1.54) is 32.4 Å². The van der Waals surface area contributed by atoms with Crippen LogP contribution in [0, 0.1) is 0 Å². The van der Waals surface area contributed by atoms with Crippen LogP contribution in [0.2, 0.25) is 0 Å². The van der Waals surface area contributed by atoms with Crippen molar-refractivity contribution in [3.63, 3.8) is 0 Å². The predicted octanol–water partition coefficient (Wildman–Crippen LogP) is 3.25. The fourth-order valence-corrected chi connectivity index (χ4v) is 1.55. The molecule has 1 rings (SSSR count). The second-order valence-electron chi connectivity index (χ2n) is 3.93. The first-order valence-electron chi connectivity index (χ1n) is 5.44. The van der Waals surface area contributed by atoms with Crippen molar-refractivity contribution in [2.75, 3.05) is 14.2 Å². The van der Waals surface area contributed by atoms with Crippen LogP contribution in [0.1, 0.15) is 18.1 Å². The molecule has 6 heteroatoms. The molecule has 0 amide bonds. The first-order valence-corrected chi connectivity index (χ1v) is 5.44. The molecule has 0 saturated heterocycles. The summed E-state index contributed by atoms with van der Waals surface area (Å²) in [6.45, 7) is 2.93. The Bertz CT molecular complexity index is 455. The van der Waals surface area contributed by atoms with Gasteiger partial charge < -0.3 is 14.6 Å². The minimum absolute atomic E-state index is 0.258. The van der Waals surface area contributed by atoms with Crippen LogP contribution in [0.5, 0.6) is 11.5 Å². The van der Waals surface area contributed by atoms with Crippen molar-refractivity contribution in [2.24, 2.45) is 0 Å². The molecule has 106 valence electrons. The lowest BCUT2D eigenvalue weighted by Crippen LogP contribution is -2.14. The molecule has 0 heterocycles. The summed E-state index contributed by atoms with van der Waals surface area (Å²) >= 11 is 0. The van der Waals surface area contributed by atoms with Gasteiger partial charge in [0.2, 0.25) is 0 Å². The highest BCUT2D eigenvalue weighted by Gasteiger charge is 2.33. The minimum Gasteiger partial charge on any atom is -0.497 e. The Morgan fingerprint density at radius 1 is 1.32 bits per heavy atom. The van der Waals surface area contributed by atoms with Gasteiger partial charge in [-0.1, -0.05) is 6.58 Å². The molecular formula is C13H15F3O3. The predicted molar refractivity (Wildman–Crippen MR) is 64.3 cm³/mol. The third-order valence-corrected chi connectivity index (χ3v) is 2.64. The molecule has 1 unspecified atom stereocenters. The summed E-state index contributed by atoms with van der Waals surface area (Å²) in [6, 6.07) is 4.50. The van der Waals surface area contributed by atoms with Crippen LogP contribution in [0.15, 0.2) is 30.4 Å². The first-order chi connectivity index (χ1) is 8.79. The lowest BCUT2D eigenvalue weighted by atomic mass is 10.0. The molecular weight excluding hydrogens is 261 g/mol. The lowest BCUT2D eigenvalue weighted by Gasteiger charge is -2.18. The van der Waals surface area contributed by atoms with Gasteiger partial charge in [-0.15, -0.1) is 0 Å². The summed E-state index contributed by atoms with van der Waals surface area (Å²) in [4.78, 5) is 0. The number of aliphatic hydroxyl groups is 1. The van der Waals surface area contributed by atoms with Gasteiger partial charge in [0.25, 0.3) is 0 Å². The standard InChI is InChI=1S/C13H15F3O3/c1-8(13(14,15)16)6-11(17)10-5-4-9(18-2)7-12(10)19-3/h4-5,7,11,17H,1,6H2,2-3H3. The molecule has 3 nitrogen and oxygen atoms in total. The van der Waals surface area contributed by atoms with Crippen LogP contribution >= 0.6 is 0 Å². The van der Waals surface area contributed by atoms with Gasteiger partial charge in [0.05, 0.1) is 20.3 Å². The van der Waals surface area contributed by atoms with E-state index in [1.54, 1.807) is 0 Å². The summed E-state index contributed by atoms with van der Waals surface area (Å²) in [6.07, 6.45) is -6.46. The van der Waals surface area contributed by atoms with Gasteiger partial charge in [0.1, 0.15) is 11.5 Å². The van der Waals surface area contributed by atoms with E-state index in [4.69, 9.17) is 9.47 Å². The summed E-state index contributed by atoms with van der Waals surface area (Å²) in [5.41, 5.74) is -0.730. The van der Waals surface area contributed by atoms with E-state index in [0.29, 0.717) is 5.75 Å². The molecule has 0 fully saturated rings. The Labute approximate surface area is 109 Å². The summed E-state index contributed by atoms with van der Waals surface area (Å²) in [5.74, 6) is 0.754. The van der Waals surface area contributed by atoms with Crippen LogP contribution in [-0.2, 0) is 0 Å². The molecule has 0 aliphatic rings. The third-order valence-electron chi connectivity index (χ3n) is 2.64. The third kappa shape index (κ3) is 3.89. The maximum atomic E-state index is 12.4. The number of aliphatic hydroxyl groups excluding tert-OH is 1. The number of benzene rings is 1. The topological polar surface area (TPSA) is 38.7 Å². The zero-order valence-corrected chi connectivity index (χ0v) is 10.6. The number of halogens is 3. The van der Waals surface area contributed by atoms with Crippen LogP contribution in [0.3, 0.4) is 0 Å². The van der Waals surface area contributed by atoms with E-state index < -0.39 is 24.3 Å². The van der Waals surface area contributed by atoms with Crippen LogP contribution in [0.4, 0.5) is 13.2 Å². The smallest absolute Gasteiger partial charge is 0.412 e. The zero-order valence-electron chi connectivity index (χ0n) is 10.6. The minimum atomic E-state index is -4.51. The van der Waals surface area contributed by atoms with Crippen molar-refractivity contribution in [3.05, 3.63) is 35.9 Å². The molecule has 1 aromatic carbocycles. The monoisotopic (exact) mass is 276 g/mol. The number of methoxy groups -OCH3 is 2. The van der Waals surface area contributed by atoms with E-state index in [0.717, 1.165) is 0 Å². The highest BCUT2D eigenvalue weighted by atomic mass is 19.4. The molecule has 1 atom stereocenters. The number of ether oxygens (including phenoxy) is 2. The first kappa shape index (κ1) is 15.4. The van der Waals surface area contributed by atoms with Crippen LogP contribution in [-0.4, -0.2) is 25.5 Å². The Morgan fingerprint density at radius 2 is 1.95 bits per heavy atom. The van der Waals surface area contributed by atoms with Gasteiger partial charge in [-0.2, -0.15) is 13.2 Å². The molecule has 0 aliphatic heterocycles. The number of rotatable bonds is 5. The van der Waals surface area contributed by atoms with E-state index >= 15 is 0 Å². The Morgan fingerprint density at radius 3 is 2.42 bits per heavy atom. The fraction of sp³-hybridized carbons (Fsp3) is 0.385. The van der Waals surface area contributed by atoms with E-state index in [2.05, 4.69) is 6.58 Å². The Kier molecular flexibility index (Phi) is 4.83. The number of hydrogen-bond donors (Lipinski definition) is 1. The van der Waals surface area contributed by atoms with Crippen molar-refractivity contribution >= 4 is 0 Å². The van der Waals surface area contributed by atoms with Crippen molar-refractivity contribution in [2.45, 2.75) is 18.7 Å². The average molecular weight is 276 g/mol. The Balaban J connectivity index is 2.93. The highest BCUT2D eigenvalue weighted by Crippen LogP contribution is 2.36. The number of hydrogen-bond acceptors (Lipinski definition) is 3. The number of alkyl halides is 3. The molecule has 19 heavy (non-hydrogen) atoms. The molecule has 1 aromatic rings. The highest BCUT2D eigenvalue weighted by molar-refractivity contribution is 5.42. The van der Waals surface area contributed by atoms with Crippen molar-refractivity contribution in [1.29, 1.82) is 0 Å². The summed E-state index contributed by atoms with van der Waals surface area (Å²) in [5, 5.41) is 9.85. The molecule has 1 N–H and O–H groups in total. The van der Waals surface area contributed by atoms with Gasteiger partial charge >= 0.3 is 6.18 Å². The molecule has 0 radical (unpaired) electrons. The average Bonchev–Trinajstić information content (AvgIpc) is 2.36. The molecule has 0 spiro atoms. The summed E-state index contributed by atoms with van der Waals surface area (Å²) in [7, 11) is 2.82. The largest absolute Gasteiger partial charge is 0.497 e. The van der Waals surface area contributed by atoms with Crippen molar-refractivity contribution in [3.8, 4) is 11.5 Å². The second kappa shape index (κ2) is 5.97. The molecule has 0 bridgehead atoms. The molecule has 0 aromatic heterocycles. The SMILES string of the molecule is C=C(CC(O)c1ccc(OC)cc1OC)C(F)(F)F. The van der Waals surface area contributed by atoms with Crippen LogP contribution < -0.4 is 9.47 Å². The van der Waals surface area contributed by atoms with Crippen LogP contribution in [0.25, 0.3) is 0 Å². The molecule has 0 aliphatic carbocycles. The maximum absolute atomic E-state index is 12.4. The zero-order chi connectivity index (χ0) is 14.6. The lowest BCUT2D eigenvalue weighted by molar-refractivity contribution is -0.0967. The Hall–Kier alpha value is -1.69. The van der Waals surface area contributed by atoms with E-state index in [-0.39, 0.29) is 11.3 Å². The van der Waals surface area contributed by atoms with Gasteiger partial charge in [0.15, 0.2) is 0 Å².